The number of hydrogen-bond acceptors (Lipinski definition) is 6. The van der Waals surface area contributed by atoms with Crippen molar-refractivity contribution in [3.8, 4) is 112 Å². The first-order valence-corrected chi connectivity index (χ1v) is 37.1. The molecule has 0 bridgehead atoms. The summed E-state index contributed by atoms with van der Waals surface area (Å²) >= 11 is 0. The summed E-state index contributed by atoms with van der Waals surface area (Å²) in [6.45, 7) is 0. The van der Waals surface area contributed by atoms with Crippen LogP contribution in [-0.2, 0) is 0 Å². The molecule has 0 aliphatic rings. The van der Waals surface area contributed by atoms with Gasteiger partial charge in [-0.25, -0.2) is 19.9 Å². The van der Waals surface area contributed by atoms with E-state index < -0.39 is 0 Å². The summed E-state index contributed by atoms with van der Waals surface area (Å²) in [5.74, 6) is 1.32. The number of hydrogen-bond donors (Lipinski definition) is 0. The second kappa shape index (κ2) is 26.6. The first-order valence-electron chi connectivity index (χ1n) is 37.1. The van der Waals surface area contributed by atoms with Crippen molar-refractivity contribution in [1.29, 1.82) is 0 Å². The molecule has 0 saturated heterocycles. The monoisotopic (exact) mass is 1400 g/mol. The molecule has 22 rings (SSSR count). The molecular formula is C102H64N6O2. The highest BCUT2D eigenvalue weighted by Crippen LogP contribution is 2.46. The number of furan rings is 2. The topological polar surface area (TPSA) is 87.7 Å². The van der Waals surface area contributed by atoms with Crippen LogP contribution in [0.15, 0.2) is 397 Å². The molecule has 0 unspecified atom stereocenters. The Labute approximate surface area is 633 Å². The molecular weight excluding hydrogens is 1340 g/mol. The number of para-hydroxylation sites is 3. The number of nitrogens with zero attached hydrogens (tertiary/aromatic N) is 6. The Balaban J connectivity index is 0.000000140. The molecule has 6 heterocycles. The van der Waals surface area contributed by atoms with E-state index >= 15 is 0 Å². The van der Waals surface area contributed by atoms with Crippen LogP contribution < -0.4 is 0 Å². The standard InChI is InChI=1S/C52H33N3O.C50H31N3O/c1-4-16-34(17-5-1)38-30-39(35-18-6-2-7-19-35)32-40(31-38)49-51-50(54-52(53-49)36-20-8-3-9-21-36)48-42(26-15-29-47(48)56-51)37-22-14-23-41(33-37)55-45-27-12-10-24-43(45)44-25-11-13-28-46(44)55;1-4-13-32(14-5-1)37-26-28-44-42(31-37)41-19-10-11-21-43(41)53(44)39-27-25-35-29-38(24-23-36(35)30-39)40-20-12-22-45-46(40)48-49(54-45)47(33-15-6-2-7-16-33)51-50(52-48)34-17-8-3-9-18-34/h1-33H;1-31H. The lowest BCUT2D eigenvalue weighted by Crippen LogP contribution is -1.95. The highest BCUT2D eigenvalue weighted by atomic mass is 16.3. The van der Waals surface area contributed by atoms with Gasteiger partial charge in [-0.2, -0.15) is 0 Å². The van der Waals surface area contributed by atoms with Crippen LogP contribution in [0.1, 0.15) is 0 Å². The average molecular weight is 1410 g/mol. The normalized spacial score (nSPS) is 11.6. The maximum absolute atomic E-state index is 6.87. The molecule has 8 heteroatoms. The minimum atomic E-state index is 0.649. The molecule has 0 amide bonds. The summed E-state index contributed by atoms with van der Waals surface area (Å²) in [5.41, 5.74) is 28.1. The Bertz CT molecular complexity index is 7200. The van der Waals surface area contributed by atoms with Crippen molar-refractivity contribution in [1.82, 2.24) is 29.1 Å². The molecule has 16 aromatic carbocycles. The molecule has 0 saturated carbocycles. The van der Waals surface area contributed by atoms with Gasteiger partial charge in [-0.1, -0.05) is 297 Å². The predicted octanol–water partition coefficient (Wildman–Crippen LogP) is 27.1. The summed E-state index contributed by atoms with van der Waals surface area (Å²) in [6, 6.07) is 137. The Morgan fingerprint density at radius 3 is 1.10 bits per heavy atom. The minimum Gasteiger partial charge on any atom is -0.452 e. The molecule has 0 aliphatic heterocycles. The van der Waals surface area contributed by atoms with Crippen molar-refractivity contribution in [2.45, 2.75) is 0 Å². The number of benzene rings is 16. The van der Waals surface area contributed by atoms with Crippen molar-refractivity contribution < 1.29 is 8.83 Å². The molecule has 8 nitrogen and oxygen atoms in total. The smallest absolute Gasteiger partial charge is 0.180 e. The molecule has 110 heavy (non-hydrogen) atoms. The fourth-order valence-electron chi connectivity index (χ4n) is 16.2. The van der Waals surface area contributed by atoms with Crippen LogP contribution in [0.4, 0.5) is 0 Å². The zero-order chi connectivity index (χ0) is 72.6. The lowest BCUT2D eigenvalue weighted by molar-refractivity contribution is 0.667. The third-order valence-corrected chi connectivity index (χ3v) is 21.4. The first kappa shape index (κ1) is 63.6. The fraction of sp³-hybridized carbons (Fsp3) is 0. The van der Waals surface area contributed by atoms with Crippen molar-refractivity contribution >= 4 is 98.5 Å². The van der Waals surface area contributed by atoms with Crippen molar-refractivity contribution in [3.63, 3.8) is 0 Å². The largest absolute Gasteiger partial charge is 0.452 e. The van der Waals surface area contributed by atoms with Gasteiger partial charge in [0.2, 0.25) is 0 Å². The molecule has 0 radical (unpaired) electrons. The number of rotatable bonds is 11. The molecule has 6 aromatic heterocycles. The van der Waals surface area contributed by atoms with E-state index in [1.165, 1.54) is 60.1 Å². The van der Waals surface area contributed by atoms with E-state index in [-0.39, 0.29) is 0 Å². The zero-order valence-corrected chi connectivity index (χ0v) is 59.5. The Morgan fingerprint density at radius 1 is 0.209 bits per heavy atom. The van der Waals surface area contributed by atoms with E-state index in [1.807, 2.05) is 66.7 Å². The van der Waals surface area contributed by atoms with Crippen LogP contribution in [0, 0.1) is 0 Å². The van der Waals surface area contributed by atoms with Gasteiger partial charge in [-0.15, -0.1) is 0 Å². The third kappa shape index (κ3) is 11.1. The summed E-state index contributed by atoms with van der Waals surface area (Å²) in [6.07, 6.45) is 0. The van der Waals surface area contributed by atoms with Crippen LogP contribution in [-0.4, -0.2) is 29.1 Å². The summed E-state index contributed by atoms with van der Waals surface area (Å²) in [4.78, 5) is 20.8. The van der Waals surface area contributed by atoms with E-state index in [0.29, 0.717) is 22.8 Å². The highest BCUT2D eigenvalue weighted by molar-refractivity contribution is 6.17. The zero-order valence-electron chi connectivity index (χ0n) is 59.5. The summed E-state index contributed by atoms with van der Waals surface area (Å²) in [5, 5.41) is 9.26. The lowest BCUT2D eigenvalue weighted by Gasteiger charge is -2.12. The van der Waals surface area contributed by atoms with Crippen LogP contribution in [0.2, 0.25) is 0 Å². The molecule has 0 aliphatic carbocycles. The maximum atomic E-state index is 6.87. The van der Waals surface area contributed by atoms with Gasteiger partial charge in [0.15, 0.2) is 22.8 Å². The predicted molar refractivity (Wildman–Crippen MR) is 454 cm³/mol. The SMILES string of the molecule is c1ccc(-c2cc(-c3ccccc3)cc(-c3nc(-c4ccccc4)nc4c3oc3cccc(-c5cccc(-n6c7ccccc7c7ccccc76)c5)c34)c2)cc1.c1ccc(-c2ccc3c(c2)c2ccccc2n3-c2ccc3cc(-c4cccc5oc6c(-c7ccccc7)nc(-c7ccccc7)nc6c45)ccc3c2)cc1. The molecule has 514 valence electrons. The van der Waals surface area contributed by atoms with Crippen LogP contribution in [0.25, 0.3) is 211 Å². The Morgan fingerprint density at radius 2 is 0.582 bits per heavy atom. The molecule has 0 N–H and O–H groups in total. The van der Waals surface area contributed by atoms with E-state index in [2.05, 4.69) is 331 Å². The second-order valence-corrected chi connectivity index (χ2v) is 28.0. The van der Waals surface area contributed by atoms with Gasteiger partial charge in [0, 0.05) is 55.2 Å². The van der Waals surface area contributed by atoms with E-state index in [4.69, 9.17) is 28.8 Å². The van der Waals surface area contributed by atoms with E-state index in [0.717, 1.165) is 128 Å². The Kier molecular flexibility index (Phi) is 15.4. The van der Waals surface area contributed by atoms with Gasteiger partial charge in [-0.3, -0.25) is 0 Å². The van der Waals surface area contributed by atoms with Gasteiger partial charge in [0.1, 0.15) is 33.6 Å². The fourth-order valence-corrected chi connectivity index (χ4v) is 16.2. The average Bonchev–Trinajstić information content (AvgIpc) is 1.50. The molecule has 0 fully saturated rings. The highest BCUT2D eigenvalue weighted by Gasteiger charge is 2.25. The second-order valence-electron chi connectivity index (χ2n) is 28.0. The Hall–Kier alpha value is -14.9. The molecule has 0 atom stereocenters. The van der Waals surface area contributed by atoms with Gasteiger partial charge < -0.3 is 18.0 Å². The maximum Gasteiger partial charge on any atom is 0.180 e. The van der Waals surface area contributed by atoms with Crippen LogP contribution in [0.5, 0.6) is 0 Å². The van der Waals surface area contributed by atoms with Gasteiger partial charge in [-0.05, 0) is 157 Å². The van der Waals surface area contributed by atoms with Gasteiger partial charge >= 0.3 is 0 Å². The lowest BCUT2D eigenvalue weighted by atomic mass is 9.94. The first-order chi connectivity index (χ1) is 54.5. The van der Waals surface area contributed by atoms with E-state index in [1.54, 1.807) is 0 Å². The minimum absolute atomic E-state index is 0.649. The number of aromatic nitrogens is 6. The third-order valence-electron chi connectivity index (χ3n) is 21.4. The van der Waals surface area contributed by atoms with E-state index in [9.17, 15) is 0 Å². The number of fused-ring (bicyclic) bond motifs is 13. The summed E-state index contributed by atoms with van der Waals surface area (Å²) in [7, 11) is 0. The van der Waals surface area contributed by atoms with Crippen molar-refractivity contribution in [2.24, 2.45) is 0 Å². The quantitative estimate of drug-likeness (QED) is 0.128. The van der Waals surface area contributed by atoms with Crippen molar-refractivity contribution in [3.05, 3.63) is 388 Å². The van der Waals surface area contributed by atoms with Crippen LogP contribution in [0.3, 0.4) is 0 Å². The summed E-state index contributed by atoms with van der Waals surface area (Å²) < 4.78 is 18.2. The van der Waals surface area contributed by atoms with Gasteiger partial charge in [0.05, 0.1) is 32.8 Å². The van der Waals surface area contributed by atoms with Gasteiger partial charge in [0.25, 0.3) is 0 Å². The van der Waals surface area contributed by atoms with Crippen LogP contribution >= 0.6 is 0 Å². The molecule has 0 spiro atoms. The molecule has 22 aromatic rings. The van der Waals surface area contributed by atoms with Crippen molar-refractivity contribution in [2.75, 3.05) is 0 Å².